The van der Waals surface area contributed by atoms with E-state index in [0.29, 0.717) is 13.1 Å². The van der Waals surface area contributed by atoms with Gasteiger partial charge in [0.2, 0.25) is 0 Å². The van der Waals surface area contributed by atoms with E-state index >= 15 is 0 Å². The van der Waals surface area contributed by atoms with Crippen LogP contribution in [0.4, 0.5) is 13.2 Å². The van der Waals surface area contributed by atoms with Gasteiger partial charge in [0.1, 0.15) is 0 Å². The van der Waals surface area contributed by atoms with Crippen molar-refractivity contribution in [1.29, 1.82) is 0 Å². The van der Waals surface area contributed by atoms with Gasteiger partial charge < -0.3 is 5.32 Å². The molecule has 0 aliphatic carbocycles. The molecule has 0 bridgehead atoms. The summed E-state index contributed by atoms with van der Waals surface area (Å²) in [5, 5.41) is 3.50. The molecule has 2 rings (SSSR count). The molecule has 0 saturated carbocycles. The highest BCUT2D eigenvalue weighted by atomic mass is 19.4. The van der Waals surface area contributed by atoms with Crippen molar-refractivity contribution in [3.05, 3.63) is 35.9 Å². The first-order valence-electron chi connectivity index (χ1n) is 7.44. The highest BCUT2D eigenvalue weighted by molar-refractivity contribution is 5.21. The number of halogens is 3. The standard InChI is InChI=1S/C16H23F3N2/c1-3-15(2)12-21(10-9-16(17,18)19)14(11-20-15)13-7-5-4-6-8-13/h4-8,14,20H,3,9-12H2,1-2H3. The maximum atomic E-state index is 12.6. The first-order chi connectivity index (χ1) is 9.83. The highest BCUT2D eigenvalue weighted by Crippen LogP contribution is 2.30. The number of hydrogen-bond donors (Lipinski definition) is 1. The molecule has 1 fully saturated rings. The van der Waals surface area contributed by atoms with Gasteiger partial charge in [-0.3, -0.25) is 4.90 Å². The Morgan fingerprint density at radius 3 is 2.52 bits per heavy atom. The average molecular weight is 300 g/mol. The Kier molecular flexibility index (Phi) is 4.94. The van der Waals surface area contributed by atoms with Crippen LogP contribution in [0.5, 0.6) is 0 Å². The van der Waals surface area contributed by atoms with Crippen molar-refractivity contribution in [2.24, 2.45) is 0 Å². The van der Waals surface area contributed by atoms with Crippen molar-refractivity contribution in [2.45, 2.75) is 44.4 Å². The van der Waals surface area contributed by atoms with Crippen molar-refractivity contribution in [3.8, 4) is 0 Å². The molecule has 0 spiro atoms. The van der Waals surface area contributed by atoms with Crippen molar-refractivity contribution in [2.75, 3.05) is 19.6 Å². The first kappa shape index (κ1) is 16.3. The third kappa shape index (κ3) is 4.45. The van der Waals surface area contributed by atoms with Crippen molar-refractivity contribution in [3.63, 3.8) is 0 Å². The maximum absolute atomic E-state index is 12.6. The van der Waals surface area contributed by atoms with E-state index in [1.54, 1.807) is 0 Å². The van der Waals surface area contributed by atoms with Gasteiger partial charge >= 0.3 is 6.18 Å². The molecule has 0 aromatic heterocycles. The smallest absolute Gasteiger partial charge is 0.308 e. The van der Waals surface area contributed by atoms with Gasteiger partial charge in [-0.05, 0) is 18.9 Å². The largest absolute Gasteiger partial charge is 0.390 e. The second-order valence-corrected chi connectivity index (χ2v) is 6.06. The van der Waals surface area contributed by atoms with E-state index in [2.05, 4.69) is 19.2 Å². The summed E-state index contributed by atoms with van der Waals surface area (Å²) >= 11 is 0. The van der Waals surface area contributed by atoms with Gasteiger partial charge in [-0.15, -0.1) is 0 Å². The quantitative estimate of drug-likeness (QED) is 0.911. The average Bonchev–Trinajstić information content (AvgIpc) is 2.45. The lowest BCUT2D eigenvalue weighted by Crippen LogP contribution is -2.59. The zero-order valence-corrected chi connectivity index (χ0v) is 12.6. The minimum absolute atomic E-state index is 0.00757. The van der Waals surface area contributed by atoms with Gasteiger partial charge in [0.15, 0.2) is 0 Å². The van der Waals surface area contributed by atoms with E-state index in [1.165, 1.54) is 0 Å². The summed E-state index contributed by atoms with van der Waals surface area (Å²) < 4.78 is 37.7. The molecule has 2 atom stereocenters. The van der Waals surface area contributed by atoms with E-state index in [1.807, 2.05) is 35.2 Å². The van der Waals surface area contributed by atoms with E-state index in [4.69, 9.17) is 0 Å². The molecule has 21 heavy (non-hydrogen) atoms. The van der Waals surface area contributed by atoms with E-state index < -0.39 is 12.6 Å². The lowest BCUT2D eigenvalue weighted by molar-refractivity contribution is -0.140. The van der Waals surface area contributed by atoms with Crippen molar-refractivity contribution >= 4 is 0 Å². The fourth-order valence-electron chi connectivity index (χ4n) is 2.83. The van der Waals surface area contributed by atoms with Gasteiger partial charge in [0, 0.05) is 31.2 Å². The molecular weight excluding hydrogens is 277 g/mol. The second kappa shape index (κ2) is 6.36. The summed E-state index contributed by atoms with van der Waals surface area (Å²) in [7, 11) is 0. The van der Waals surface area contributed by atoms with Gasteiger partial charge in [0.05, 0.1) is 6.42 Å². The molecule has 0 amide bonds. The van der Waals surface area contributed by atoms with E-state index in [0.717, 1.165) is 12.0 Å². The van der Waals surface area contributed by atoms with Crippen LogP contribution in [0.3, 0.4) is 0 Å². The molecule has 2 nitrogen and oxygen atoms in total. The Bertz CT molecular complexity index is 447. The van der Waals surface area contributed by atoms with Crippen LogP contribution >= 0.6 is 0 Å². The molecule has 2 unspecified atom stereocenters. The topological polar surface area (TPSA) is 15.3 Å². The zero-order chi connectivity index (χ0) is 15.5. The van der Waals surface area contributed by atoms with Crippen LogP contribution in [-0.2, 0) is 0 Å². The van der Waals surface area contributed by atoms with Crippen LogP contribution in [0.1, 0.15) is 38.3 Å². The number of rotatable bonds is 4. The summed E-state index contributed by atoms with van der Waals surface area (Å²) in [6.07, 6.45) is -3.96. The fourth-order valence-corrected chi connectivity index (χ4v) is 2.83. The molecule has 1 aromatic rings. The molecule has 1 aromatic carbocycles. The SMILES string of the molecule is CCC1(C)CN(CCC(F)(F)F)C(c2ccccc2)CN1. The van der Waals surface area contributed by atoms with Crippen LogP contribution in [0.2, 0.25) is 0 Å². The maximum Gasteiger partial charge on any atom is 0.390 e. The van der Waals surface area contributed by atoms with Crippen LogP contribution in [0, 0.1) is 0 Å². The Labute approximate surface area is 124 Å². The molecule has 118 valence electrons. The molecule has 1 N–H and O–H groups in total. The van der Waals surface area contributed by atoms with Crippen molar-refractivity contribution < 1.29 is 13.2 Å². The van der Waals surface area contributed by atoms with Gasteiger partial charge in [-0.25, -0.2) is 0 Å². The second-order valence-electron chi connectivity index (χ2n) is 6.06. The molecule has 5 heteroatoms. The summed E-state index contributed by atoms with van der Waals surface area (Å²) in [6.45, 7) is 5.53. The lowest BCUT2D eigenvalue weighted by Gasteiger charge is -2.46. The lowest BCUT2D eigenvalue weighted by atomic mass is 9.91. The number of nitrogens with one attached hydrogen (secondary N) is 1. The Hall–Kier alpha value is -1.07. The normalized spacial score (nSPS) is 27.8. The molecular formula is C16H23F3N2. The predicted octanol–water partition coefficient (Wildman–Crippen LogP) is 3.75. The molecule has 1 aliphatic rings. The Morgan fingerprint density at radius 2 is 1.95 bits per heavy atom. The molecule has 1 saturated heterocycles. The number of alkyl halides is 3. The number of hydrogen-bond acceptors (Lipinski definition) is 2. The van der Waals surface area contributed by atoms with Crippen LogP contribution in [0.15, 0.2) is 30.3 Å². The fraction of sp³-hybridized carbons (Fsp3) is 0.625. The predicted molar refractivity (Wildman–Crippen MR) is 78.1 cm³/mol. The van der Waals surface area contributed by atoms with Crippen LogP contribution in [0.25, 0.3) is 0 Å². The van der Waals surface area contributed by atoms with E-state index in [-0.39, 0.29) is 18.1 Å². The minimum Gasteiger partial charge on any atom is -0.308 e. The minimum atomic E-state index is -4.10. The van der Waals surface area contributed by atoms with Gasteiger partial charge in [-0.2, -0.15) is 13.2 Å². The summed E-state index contributed by atoms with van der Waals surface area (Å²) in [5.74, 6) is 0. The molecule has 0 radical (unpaired) electrons. The monoisotopic (exact) mass is 300 g/mol. The van der Waals surface area contributed by atoms with E-state index in [9.17, 15) is 13.2 Å². The summed E-state index contributed by atoms with van der Waals surface area (Å²) in [5.41, 5.74) is 0.960. The van der Waals surface area contributed by atoms with Crippen LogP contribution in [-0.4, -0.2) is 36.2 Å². The summed E-state index contributed by atoms with van der Waals surface area (Å²) in [4.78, 5) is 1.98. The zero-order valence-electron chi connectivity index (χ0n) is 12.6. The van der Waals surface area contributed by atoms with Crippen molar-refractivity contribution in [1.82, 2.24) is 10.2 Å². The Balaban J connectivity index is 2.14. The molecule has 1 heterocycles. The number of benzene rings is 1. The first-order valence-corrected chi connectivity index (χ1v) is 7.44. The number of piperazine rings is 1. The number of nitrogens with zero attached hydrogens (tertiary/aromatic N) is 1. The van der Waals surface area contributed by atoms with Gasteiger partial charge in [0.25, 0.3) is 0 Å². The summed E-state index contributed by atoms with van der Waals surface area (Å²) in [6, 6.07) is 9.78. The Morgan fingerprint density at radius 1 is 1.29 bits per heavy atom. The third-order valence-electron chi connectivity index (χ3n) is 4.36. The molecule has 1 aliphatic heterocycles. The third-order valence-corrected chi connectivity index (χ3v) is 4.36. The van der Waals surface area contributed by atoms with Crippen LogP contribution < -0.4 is 5.32 Å². The van der Waals surface area contributed by atoms with Gasteiger partial charge in [-0.1, -0.05) is 37.3 Å². The highest BCUT2D eigenvalue weighted by Gasteiger charge is 2.37.